The average Bonchev–Trinajstić information content (AvgIpc) is 2.60. The fourth-order valence-electron chi connectivity index (χ4n) is 1.52. The number of aliphatic hydroxyl groups excluding tert-OH is 1. The number of hydrogen-bond acceptors (Lipinski definition) is 3. The van der Waals surface area contributed by atoms with Crippen molar-refractivity contribution < 1.29 is 9.84 Å². The van der Waals surface area contributed by atoms with Crippen LogP contribution in [0.15, 0.2) is 11.4 Å². The Morgan fingerprint density at radius 3 is 2.71 bits per heavy atom. The predicted octanol–water partition coefficient (Wildman–Crippen LogP) is 2.91. The van der Waals surface area contributed by atoms with Gasteiger partial charge in [0.2, 0.25) is 0 Å². The summed E-state index contributed by atoms with van der Waals surface area (Å²) in [6.07, 6.45) is 1.37. The van der Waals surface area contributed by atoms with Crippen LogP contribution in [0.25, 0.3) is 0 Å². The molecule has 0 aliphatic rings. The van der Waals surface area contributed by atoms with Gasteiger partial charge in [0, 0.05) is 12.0 Å². The number of thiophene rings is 1. The van der Waals surface area contributed by atoms with Gasteiger partial charge < -0.3 is 9.84 Å². The number of ether oxygens (including phenoxy) is 1. The summed E-state index contributed by atoms with van der Waals surface area (Å²) in [4.78, 5) is 1.23. The molecule has 1 rings (SSSR count). The maximum absolute atomic E-state index is 10.0. The fourth-order valence-corrected chi connectivity index (χ4v) is 2.26. The summed E-state index contributed by atoms with van der Waals surface area (Å²) in [5.74, 6) is 0. The molecule has 0 saturated carbocycles. The highest BCUT2D eigenvalue weighted by Crippen LogP contribution is 2.26. The quantitative estimate of drug-likeness (QED) is 0.816. The average molecular weight is 214 g/mol. The molecule has 1 heterocycles. The summed E-state index contributed by atoms with van der Waals surface area (Å²) < 4.78 is 5.27. The second kappa shape index (κ2) is 5.49. The van der Waals surface area contributed by atoms with Gasteiger partial charge in [-0.1, -0.05) is 13.3 Å². The van der Waals surface area contributed by atoms with Gasteiger partial charge in [0.1, 0.15) is 6.10 Å². The second-order valence-corrected chi connectivity index (χ2v) is 4.61. The normalized spacial score (nSPS) is 15.4. The van der Waals surface area contributed by atoms with E-state index in [0.717, 1.165) is 18.4 Å². The minimum absolute atomic E-state index is 0.0750. The van der Waals surface area contributed by atoms with E-state index < -0.39 is 6.10 Å². The molecule has 1 aromatic rings. The van der Waals surface area contributed by atoms with Crippen LogP contribution in [0.2, 0.25) is 0 Å². The first-order valence-electron chi connectivity index (χ1n) is 4.95. The van der Waals surface area contributed by atoms with Gasteiger partial charge in [-0.3, -0.25) is 0 Å². The summed E-state index contributed by atoms with van der Waals surface area (Å²) in [6.45, 7) is 4.14. The maximum Gasteiger partial charge on any atom is 0.106 e. The lowest BCUT2D eigenvalue weighted by Crippen LogP contribution is -2.20. The van der Waals surface area contributed by atoms with Crippen molar-refractivity contribution in [1.29, 1.82) is 0 Å². The Kier molecular flexibility index (Phi) is 4.58. The molecule has 1 aromatic heterocycles. The van der Waals surface area contributed by atoms with E-state index >= 15 is 0 Å². The van der Waals surface area contributed by atoms with E-state index in [-0.39, 0.29) is 6.10 Å². The minimum atomic E-state index is -0.482. The van der Waals surface area contributed by atoms with Crippen molar-refractivity contribution in [3.63, 3.8) is 0 Å². The van der Waals surface area contributed by atoms with Crippen molar-refractivity contribution in [2.75, 3.05) is 7.11 Å². The highest BCUT2D eigenvalue weighted by Gasteiger charge is 2.20. The molecule has 0 radical (unpaired) electrons. The minimum Gasteiger partial charge on any atom is -0.386 e. The molecule has 1 N–H and O–H groups in total. The molecule has 0 aliphatic carbocycles. The molecular weight excluding hydrogens is 196 g/mol. The number of hydrogen-bond donors (Lipinski definition) is 1. The highest BCUT2D eigenvalue weighted by molar-refractivity contribution is 7.10. The third-order valence-electron chi connectivity index (χ3n) is 2.32. The van der Waals surface area contributed by atoms with E-state index in [0.29, 0.717) is 0 Å². The smallest absolute Gasteiger partial charge is 0.106 e. The van der Waals surface area contributed by atoms with E-state index in [4.69, 9.17) is 4.74 Å². The van der Waals surface area contributed by atoms with Gasteiger partial charge in [0.05, 0.1) is 6.10 Å². The molecule has 80 valence electrons. The first-order valence-corrected chi connectivity index (χ1v) is 5.83. The van der Waals surface area contributed by atoms with Gasteiger partial charge in [-0.05, 0) is 30.4 Å². The zero-order valence-corrected chi connectivity index (χ0v) is 9.80. The number of rotatable bonds is 5. The van der Waals surface area contributed by atoms with Gasteiger partial charge in [0.25, 0.3) is 0 Å². The third-order valence-corrected chi connectivity index (χ3v) is 3.20. The third kappa shape index (κ3) is 2.80. The van der Waals surface area contributed by atoms with Crippen molar-refractivity contribution in [1.82, 2.24) is 0 Å². The topological polar surface area (TPSA) is 29.5 Å². The van der Waals surface area contributed by atoms with Crippen molar-refractivity contribution in [2.45, 2.75) is 38.9 Å². The lowest BCUT2D eigenvalue weighted by atomic mass is 10.0. The van der Waals surface area contributed by atoms with Crippen LogP contribution in [0, 0.1) is 6.92 Å². The van der Waals surface area contributed by atoms with Crippen LogP contribution in [-0.4, -0.2) is 18.3 Å². The number of aryl methyl sites for hydroxylation is 1. The molecule has 0 fully saturated rings. The summed E-state index contributed by atoms with van der Waals surface area (Å²) in [6, 6.07) is 2.02. The van der Waals surface area contributed by atoms with Crippen LogP contribution in [0.3, 0.4) is 0 Å². The molecule has 14 heavy (non-hydrogen) atoms. The van der Waals surface area contributed by atoms with Crippen molar-refractivity contribution in [2.24, 2.45) is 0 Å². The summed E-state index contributed by atoms with van der Waals surface area (Å²) in [5.41, 5.74) is 0.979. The molecule has 0 amide bonds. The van der Waals surface area contributed by atoms with E-state index in [2.05, 4.69) is 6.92 Å². The number of aliphatic hydroxyl groups is 1. The van der Waals surface area contributed by atoms with Crippen LogP contribution < -0.4 is 0 Å². The zero-order chi connectivity index (χ0) is 10.6. The number of methoxy groups -OCH3 is 1. The van der Waals surface area contributed by atoms with Crippen molar-refractivity contribution in [3.8, 4) is 0 Å². The largest absolute Gasteiger partial charge is 0.386 e. The standard InChI is InChI=1S/C11H18O2S/c1-4-5-10(13-3)11(12)9-6-8(2)14-7-9/h6-7,10-12H,4-5H2,1-3H3. The summed E-state index contributed by atoms with van der Waals surface area (Å²) in [7, 11) is 1.66. The molecule has 0 aromatic carbocycles. The molecule has 2 atom stereocenters. The molecular formula is C11H18O2S. The first kappa shape index (κ1) is 11.7. The van der Waals surface area contributed by atoms with E-state index in [9.17, 15) is 5.11 Å². The van der Waals surface area contributed by atoms with Crippen LogP contribution in [0.1, 0.15) is 36.3 Å². The van der Waals surface area contributed by atoms with E-state index in [1.54, 1.807) is 18.4 Å². The SMILES string of the molecule is CCCC(OC)C(O)c1csc(C)c1. The summed E-state index contributed by atoms with van der Waals surface area (Å²) >= 11 is 1.66. The predicted molar refractivity (Wildman–Crippen MR) is 59.7 cm³/mol. The molecule has 2 nitrogen and oxygen atoms in total. The van der Waals surface area contributed by atoms with Gasteiger partial charge in [0.15, 0.2) is 0 Å². The van der Waals surface area contributed by atoms with Crippen LogP contribution >= 0.6 is 11.3 Å². The van der Waals surface area contributed by atoms with Gasteiger partial charge >= 0.3 is 0 Å². The van der Waals surface area contributed by atoms with Gasteiger partial charge in [-0.15, -0.1) is 11.3 Å². The maximum atomic E-state index is 10.0. The Hall–Kier alpha value is -0.380. The van der Waals surface area contributed by atoms with Gasteiger partial charge in [-0.25, -0.2) is 0 Å². The Bertz CT molecular complexity index is 270. The van der Waals surface area contributed by atoms with E-state index in [1.807, 2.05) is 18.4 Å². The lowest BCUT2D eigenvalue weighted by molar-refractivity contribution is -0.0177. The first-order chi connectivity index (χ1) is 6.69. The molecule has 0 spiro atoms. The Morgan fingerprint density at radius 1 is 1.57 bits per heavy atom. The Morgan fingerprint density at radius 2 is 2.29 bits per heavy atom. The lowest BCUT2D eigenvalue weighted by Gasteiger charge is -2.20. The zero-order valence-electron chi connectivity index (χ0n) is 8.99. The molecule has 0 bridgehead atoms. The van der Waals surface area contributed by atoms with Crippen LogP contribution in [0.4, 0.5) is 0 Å². The van der Waals surface area contributed by atoms with Crippen molar-refractivity contribution >= 4 is 11.3 Å². The molecule has 0 saturated heterocycles. The molecule has 3 heteroatoms. The highest BCUT2D eigenvalue weighted by atomic mass is 32.1. The Balaban J connectivity index is 2.66. The fraction of sp³-hybridized carbons (Fsp3) is 0.636. The van der Waals surface area contributed by atoms with Gasteiger partial charge in [-0.2, -0.15) is 0 Å². The van der Waals surface area contributed by atoms with Crippen LogP contribution in [0.5, 0.6) is 0 Å². The molecule has 0 aliphatic heterocycles. The Labute approximate surface area is 89.5 Å². The van der Waals surface area contributed by atoms with Crippen molar-refractivity contribution in [3.05, 3.63) is 21.9 Å². The monoisotopic (exact) mass is 214 g/mol. The van der Waals surface area contributed by atoms with Crippen LogP contribution in [-0.2, 0) is 4.74 Å². The molecule has 2 unspecified atom stereocenters. The summed E-state index contributed by atoms with van der Waals surface area (Å²) in [5, 5.41) is 12.0. The second-order valence-electron chi connectivity index (χ2n) is 3.50. The van der Waals surface area contributed by atoms with E-state index in [1.165, 1.54) is 4.88 Å².